The van der Waals surface area contributed by atoms with E-state index < -0.39 is 17.4 Å². The fourth-order valence-electron chi connectivity index (χ4n) is 3.43. The van der Waals surface area contributed by atoms with Crippen LogP contribution in [-0.4, -0.2) is 22.2 Å². The monoisotopic (exact) mass is 454 g/mol. The van der Waals surface area contributed by atoms with Gasteiger partial charge in [0.15, 0.2) is 11.4 Å². The van der Waals surface area contributed by atoms with Crippen LogP contribution in [0.4, 0.5) is 0 Å². The predicted octanol–water partition coefficient (Wildman–Crippen LogP) is 4.20. The van der Waals surface area contributed by atoms with Gasteiger partial charge in [-0.15, -0.1) is 0 Å². The number of rotatable bonds is 9. The lowest BCUT2D eigenvalue weighted by molar-refractivity contribution is 0.0924. The summed E-state index contributed by atoms with van der Waals surface area (Å²) in [5.74, 6) is -0.493. The van der Waals surface area contributed by atoms with E-state index in [0.717, 1.165) is 11.1 Å². The molecule has 1 amide bonds. The smallest absolute Gasteiger partial charge is 0.272 e. The zero-order valence-electron chi connectivity index (χ0n) is 18.1. The Morgan fingerprint density at radius 2 is 1.81 bits per heavy atom. The molecule has 0 fully saturated rings. The number of pyridine rings is 1. The topological polar surface area (TPSA) is 80.6 Å². The van der Waals surface area contributed by atoms with Crippen molar-refractivity contribution in [3.05, 3.63) is 98.9 Å². The van der Waals surface area contributed by atoms with Gasteiger partial charge in [0.1, 0.15) is 6.61 Å². The molecular formula is C25H27ClN2O4. The Kier molecular flexibility index (Phi) is 8.09. The third kappa shape index (κ3) is 5.78. The molecule has 0 saturated heterocycles. The Hall–Kier alpha value is -3.09. The molecule has 2 N–H and O–H groups in total. The van der Waals surface area contributed by atoms with E-state index in [1.165, 1.54) is 12.3 Å². The molecule has 7 heteroatoms. The van der Waals surface area contributed by atoms with Crippen molar-refractivity contribution in [2.45, 2.75) is 33.0 Å². The van der Waals surface area contributed by atoms with Crippen LogP contribution in [0.15, 0.2) is 71.7 Å². The molecule has 1 heterocycles. The Bertz CT molecular complexity index is 1110. The van der Waals surface area contributed by atoms with E-state index >= 15 is 0 Å². The summed E-state index contributed by atoms with van der Waals surface area (Å²) >= 11 is 6.04. The largest absolute Gasteiger partial charge is 0.483 e. The molecule has 0 radical (unpaired) electrons. The SMILES string of the molecule is CC(C)C(CO)n1ccc(=O)c(OCc2ccccc2)c1C(=O)NCc1cccc(Cl)c1. The normalized spacial score (nSPS) is 11.9. The van der Waals surface area contributed by atoms with Crippen LogP contribution in [0.25, 0.3) is 0 Å². The zero-order chi connectivity index (χ0) is 23.1. The number of hydrogen-bond donors (Lipinski definition) is 2. The molecule has 0 aliphatic carbocycles. The van der Waals surface area contributed by atoms with Crippen LogP contribution >= 0.6 is 11.6 Å². The standard InChI is InChI=1S/C25H27ClN2O4/c1-17(2)21(15-29)28-12-11-22(30)24(32-16-18-7-4-3-5-8-18)23(28)25(31)27-14-19-9-6-10-20(26)13-19/h3-13,17,21,29H,14-16H2,1-2H3,(H,27,31). The summed E-state index contributed by atoms with van der Waals surface area (Å²) in [5.41, 5.74) is 1.38. The highest BCUT2D eigenvalue weighted by atomic mass is 35.5. The summed E-state index contributed by atoms with van der Waals surface area (Å²) in [7, 11) is 0. The lowest BCUT2D eigenvalue weighted by Crippen LogP contribution is -2.33. The Balaban J connectivity index is 1.97. The van der Waals surface area contributed by atoms with Gasteiger partial charge < -0.3 is 19.7 Å². The number of nitrogens with one attached hydrogen (secondary N) is 1. The molecule has 0 bridgehead atoms. The molecule has 1 unspecified atom stereocenters. The number of nitrogens with zero attached hydrogens (tertiary/aromatic N) is 1. The van der Waals surface area contributed by atoms with Crippen LogP contribution < -0.4 is 15.5 Å². The maximum Gasteiger partial charge on any atom is 0.272 e. The van der Waals surface area contributed by atoms with E-state index in [9.17, 15) is 14.7 Å². The second kappa shape index (κ2) is 11.0. The Morgan fingerprint density at radius 1 is 1.09 bits per heavy atom. The zero-order valence-corrected chi connectivity index (χ0v) is 18.9. The van der Waals surface area contributed by atoms with Gasteiger partial charge in [-0.2, -0.15) is 0 Å². The summed E-state index contributed by atoms with van der Waals surface area (Å²) in [6.07, 6.45) is 1.53. The highest BCUT2D eigenvalue weighted by Gasteiger charge is 2.25. The number of hydrogen-bond acceptors (Lipinski definition) is 4. The van der Waals surface area contributed by atoms with Gasteiger partial charge in [0.05, 0.1) is 12.6 Å². The summed E-state index contributed by atoms with van der Waals surface area (Å²) in [4.78, 5) is 26.0. The van der Waals surface area contributed by atoms with Gasteiger partial charge in [0.2, 0.25) is 5.43 Å². The predicted molar refractivity (Wildman–Crippen MR) is 125 cm³/mol. The minimum atomic E-state index is -0.468. The first-order valence-electron chi connectivity index (χ1n) is 10.5. The molecule has 1 aromatic heterocycles. The quantitative estimate of drug-likeness (QED) is 0.507. The maximum absolute atomic E-state index is 13.3. The minimum absolute atomic E-state index is 0.0176. The number of aliphatic hydroxyl groups is 1. The second-order valence-corrected chi connectivity index (χ2v) is 8.28. The molecule has 0 spiro atoms. The fourth-order valence-corrected chi connectivity index (χ4v) is 3.64. The van der Waals surface area contributed by atoms with E-state index in [4.69, 9.17) is 16.3 Å². The van der Waals surface area contributed by atoms with Gasteiger partial charge in [0, 0.05) is 23.8 Å². The number of aromatic nitrogens is 1. The minimum Gasteiger partial charge on any atom is -0.483 e. The van der Waals surface area contributed by atoms with Crippen LogP contribution in [0.3, 0.4) is 0 Å². The number of carbonyl (C=O) groups excluding carboxylic acids is 1. The first kappa shape index (κ1) is 23.6. The number of aliphatic hydroxyl groups excluding tert-OH is 1. The van der Waals surface area contributed by atoms with Crippen LogP contribution in [0.5, 0.6) is 5.75 Å². The third-order valence-electron chi connectivity index (χ3n) is 5.18. The first-order chi connectivity index (χ1) is 15.4. The summed E-state index contributed by atoms with van der Waals surface area (Å²) < 4.78 is 7.49. The van der Waals surface area contributed by atoms with E-state index in [0.29, 0.717) is 5.02 Å². The first-order valence-corrected chi connectivity index (χ1v) is 10.8. The average Bonchev–Trinajstić information content (AvgIpc) is 2.78. The molecule has 1 atom stereocenters. The van der Waals surface area contributed by atoms with Crippen molar-refractivity contribution in [2.75, 3.05) is 6.61 Å². The third-order valence-corrected chi connectivity index (χ3v) is 5.42. The Labute approximate surface area is 192 Å². The van der Waals surface area contributed by atoms with Crippen LogP contribution in [0.1, 0.15) is 41.5 Å². The molecule has 3 rings (SSSR count). The van der Waals surface area contributed by atoms with Crippen molar-refractivity contribution in [2.24, 2.45) is 5.92 Å². The number of amides is 1. The molecule has 32 heavy (non-hydrogen) atoms. The molecule has 6 nitrogen and oxygen atoms in total. The lowest BCUT2D eigenvalue weighted by Gasteiger charge is -2.26. The molecule has 0 saturated carbocycles. The van der Waals surface area contributed by atoms with Gasteiger partial charge in [-0.1, -0.05) is 67.9 Å². The van der Waals surface area contributed by atoms with Gasteiger partial charge in [-0.3, -0.25) is 9.59 Å². The van der Waals surface area contributed by atoms with Crippen LogP contribution in [0, 0.1) is 5.92 Å². The van der Waals surface area contributed by atoms with Crippen LogP contribution in [-0.2, 0) is 13.2 Å². The molecular weight excluding hydrogens is 428 g/mol. The van der Waals surface area contributed by atoms with Crippen LogP contribution in [0.2, 0.25) is 5.02 Å². The summed E-state index contributed by atoms with van der Waals surface area (Å²) in [6.45, 7) is 4.06. The molecule has 2 aromatic carbocycles. The van der Waals surface area contributed by atoms with Crippen molar-refractivity contribution >= 4 is 17.5 Å². The number of ether oxygens (including phenoxy) is 1. The van der Waals surface area contributed by atoms with Crippen molar-refractivity contribution in [1.29, 1.82) is 0 Å². The summed E-state index contributed by atoms with van der Waals surface area (Å²) in [6, 6.07) is 17.5. The second-order valence-electron chi connectivity index (χ2n) is 7.85. The van der Waals surface area contributed by atoms with Crippen molar-refractivity contribution in [3.8, 4) is 5.75 Å². The van der Waals surface area contributed by atoms with E-state index in [1.54, 1.807) is 22.8 Å². The highest BCUT2D eigenvalue weighted by molar-refractivity contribution is 6.30. The number of benzene rings is 2. The van der Waals surface area contributed by atoms with Crippen molar-refractivity contribution in [1.82, 2.24) is 9.88 Å². The van der Waals surface area contributed by atoms with Gasteiger partial charge >= 0.3 is 0 Å². The fraction of sp³-hybridized carbons (Fsp3) is 0.280. The average molecular weight is 455 g/mol. The van der Waals surface area contributed by atoms with Crippen molar-refractivity contribution in [3.63, 3.8) is 0 Å². The van der Waals surface area contributed by atoms with Gasteiger partial charge in [0.25, 0.3) is 5.91 Å². The molecule has 0 aliphatic heterocycles. The van der Waals surface area contributed by atoms with Gasteiger partial charge in [-0.25, -0.2) is 0 Å². The number of halogens is 1. The van der Waals surface area contributed by atoms with Crippen molar-refractivity contribution < 1.29 is 14.6 Å². The molecule has 168 valence electrons. The maximum atomic E-state index is 13.3. The van der Waals surface area contributed by atoms with E-state index in [-0.39, 0.29) is 37.1 Å². The number of carbonyl (C=O) groups is 1. The lowest BCUT2D eigenvalue weighted by atomic mass is 10.0. The summed E-state index contributed by atoms with van der Waals surface area (Å²) in [5, 5.41) is 13.4. The van der Waals surface area contributed by atoms with E-state index in [2.05, 4.69) is 5.32 Å². The highest BCUT2D eigenvalue weighted by Crippen LogP contribution is 2.24. The van der Waals surface area contributed by atoms with Gasteiger partial charge in [-0.05, 0) is 29.2 Å². The molecule has 3 aromatic rings. The molecule has 0 aliphatic rings. The Morgan fingerprint density at radius 3 is 2.47 bits per heavy atom. The van der Waals surface area contributed by atoms with E-state index in [1.807, 2.05) is 50.2 Å².